The van der Waals surface area contributed by atoms with Crippen LogP contribution in [-0.2, 0) is 4.74 Å². The van der Waals surface area contributed by atoms with E-state index < -0.39 is 0 Å². The zero-order chi connectivity index (χ0) is 15.4. The summed E-state index contributed by atoms with van der Waals surface area (Å²) in [5.74, 6) is 0.834. The normalized spacial score (nSPS) is 18.3. The van der Waals surface area contributed by atoms with Crippen LogP contribution in [-0.4, -0.2) is 28.4 Å². The molecule has 1 fully saturated rings. The number of benzene rings is 1. The molecule has 4 nitrogen and oxygen atoms in total. The monoisotopic (exact) mass is 316 g/mol. The lowest BCUT2D eigenvalue weighted by Crippen LogP contribution is -2.22. The molecule has 1 aliphatic rings. The largest absolute Gasteiger partial charge is 0.377 e. The first-order valence-electron chi connectivity index (χ1n) is 7.65. The summed E-state index contributed by atoms with van der Waals surface area (Å²) in [5.41, 5.74) is 2.32. The second-order valence-corrected chi connectivity index (χ2v) is 6.52. The van der Waals surface area contributed by atoms with Crippen LogP contribution >= 0.6 is 11.8 Å². The molecule has 5 heteroatoms. The van der Waals surface area contributed by atoms with Crippen LogP contribution in [0.1, 0.15) is 24.8 Å². The number of rotatable bonds is 4. The quantitative estimate of drug-likeness (QED) is 0.694. The lowest BCUT2D eigenvalue weighted by atomic mass is 10.1. The Kier molecular flexibility index (Phi) is 4.95. The molecule has 0 amide bonds. The smallest absolute Gasteiger partial charge is 0.255 e. The second kappa shape index (κ2) is 7.11. The molecule has 1 saturated heterocycles. The Morgan fingerprint density at radius 2 is 2.14 bits per heavy atom. The number of aromatic nitrogens is 2. The molecule has 2 heterocycles. The zero-order valence-corrected chi connectivity index (χ0v) is 13.5. The maximum absolute atomic E-state index is 12.1. The van der Waals surface area contributed by atoms with E-state index in [9.17, 15) is 4.79 Å². The van der Waals surface area contributed by atoms with Gasteiger partial charge in [-0.1, -0.05) is 42.1 Å². The first-order valence-corrected chi connectivity index (χ1v) is 8.63. The van der Waals surface area contributed by atoms with E-state index >= 15 is 0 Å². The highest BCUT2D eigenvalue weighted by Gasteiger charge is 2.16. The van der Waals surface area contributed by atoms with E-state index in [-0.39, 0.29) is 11.7 Å². The highest BCUT2D eigenvalue weighted by atomic mass is 32.2. The van der Waals surface area contributed by atoms with Crippen molar-refractivity contribution in [3.8, 4) is 11.3 Å². The number of aromatic amines is 1. The van der Waals surface area contributed by atoms with Crippen LogP contribution in [0.15, 0.2) is 40.3 Å². The minimum atomic E-state index is -0.0686. The second-order valence-electron chi connectivity index (χ2n) is 5.51. The summed E-state index contributed by atoms with van der Waals surface area (Å²) in [6.45, 7) is 2.66. The number of thioether (sulfide) groups is 1. The molecule has 3 rings (SSSR count). The fourth-order valence-corrected chi connectivity index (χ4v) is 3.50. The van der Waals surface area contributed by atoms with Crippen LogP contribution in [0.3, 0.4) is 0 Å². The molecule has 0 radical (unpaired) electrons. The van der Waals surface area contributed by atoms with E-state index in [0.717, 1.165) is 36.5 Å². The molecule has 22 heavy (non-hydrogen) atoms. The van der Waals surface area contributed by atoms with Gasteiger partial charge in [-0.15, -0.1) is 0 Å². The Morgan fingerprint density at radius 3 is 2.86 bits per heavy atom. The molecule has 0 aliphatic carbocycles. The molecule has 0 bridgehead atoms. The molecule has 0 unspecified atom stereocenters. The van der Waals surface area contributed by atoms with Gasteiger partial charge < -0.3 is 9.72 Å². The Morgan fingerprint density at radius 1 is 1.32 bits per heavy atom. The number of H-pyrrole nitrogens is 1. The molecule has 0 saturated carbocycles. The first kappa shape index (κ1) is 15.3. The summed E-state index contributed by atoms with van der Waals surface area (Å²) >= 11 is 1.57. The van der Waals surface area contributed by atoms with Crippen LogP contribution in [0.2, 0.25) is 0 Å². The summed E-state index contributed by atoms with van der Waals surface area (Å²) < 4.78 is 5.73. The van der Waals surface area contributed by atoms with Gasteiger partial charge in [0, 0.05) is 23.5 Å². The van der Waals surface area contributed by atoms with E-state index in [4.69, 9.17) is 4.74 Å². The fraction of sp³-hybridized carbons (Fsp3) is 0.412. The number of nitrogens with zero attached hydrogens (tertiary/aromatic N) is 1. The van der Waals surface area contributed by atoms with Gasteiger partial charge in [0.2, 0.25) is 0 Å². The summed E-state index contributed by atoms with van der Waals surface area (Å²) in [6.07, 6.45) is 3.73. The van der Waals surface area contributed by atoms with Crippen LogP contribution in [0, 0.1) is 6.92 Å². The number of nitrogens with one attached hydrogen (secondary N) is 1. The van der Waals surface area contributed by atoms with Crippen molar-refractivity contribution < 1.29 is 4.74 Å². The average Bonchev–Trinajstić information content (AvgIpc) is 2.57. The van der Waals surface area contributed by atoms with Crippen molar-refractivity contribution in [1.82, 2.24) is 9.97 Å². The first-order chi connectivity index (χ1) is 10.7. The number of ether oxygens (including phenoxy) is 1. The summed E-state index contributed by atoms with van der Waals surface area (Å²) in [7, 11) is 0. The molecule has 1 aromatic heterocycles. The number of hydrogen-bond acceptors (Lipinski definition) is 4. The fourth-order valence-electron chi connectivity index (χ4n) is 2.57. The van der Waals surface area contributed by atoms with Crippen molar-refractivity contribution in [1.29, 1.82) is 0 Å². The standard InChI is InChI=1S/C17H20N2O2S/c1-12-15(13-7-3-2-4-8-13)18-17(19-16(12)20)22-11-14-9-5-6-10-21-14/h2-4,7-8,14H,5-6,9-11H2,1H3,(H,18,19,20)/t14-/m0/s1. The van der Waals surface area contributed by atoms with Gasteiger partial charge in [0.05, 0.1) is 11.8 Å². The van der Waals surface area contributed by atoms with Gasteiger partial charge in [-0.05, 0) is 26.2 Å². The SMILES string of the molecule is Cc1c(-c2ccccc2)nc(SC[C@@H]2CCCCO2)[nH]c1=O. The van der Waals surface area contributed by atoms with Crippen LogP contribution in [0.5, 0.6) is 0 Å². The molecule has 1 N–H and O–H groups in total. The predicted molar refractivity (Wildman–Crippen MR) is 89.3 cm³/mol. The molecule has 1 aromatic carbocycles. The lowest BCUT2D eigenvalue weighted by molar-refractivity contribution is 0.0315. The van der Waals surface area contributed by atoms with Gasteiger partial charge >= 0.3 is 0 Å². The van der Waals surface area contributed by atoms with E-state index in [1.807, 2.05) is 37.3 Å². The van der Waals surface area contributed by atoms with Crippen LogP contribution in [0.4, 0.5) is 0 Å². The van der Waals surface area contributed by atoms with E-state index in [1.165, 1.54) is 6.42 Å². The van der Waals surface area contributed by atoms with Crippen molar-refractivity contribution in [2.45, 2.75) is 37.4 Å². The van der Waals surface area contributed by atoms with Crippen molar-refractivity contribution in [3.63, 3.8) is 0 Å². The van der Waals surface area contributed by atoms with E-state index in [2.05, 4.69) is 9.97 Å². The third-order valence-electron chi connectivity index (χ3n) is 3.86. The van der Waals surface area contributed by atoms with Crippen LogP contribution in [0.25, 0.3) is 11.3 Å². The van der Waals surface area contributed by atoms with Crippen molar-refractivity contribution in [2.75, 3.05) is 12.4 Å². The zero-order valence-electron chi connectivity index (χ0n) is 12.7. The molecule has 0 spiro atoms. The summed E-state index contributed by atoms with van der Waals surface area (Å²) in [4.78, 5) is 19.7. The van der Waals surface area contributed by atoms with Gasteiger partial charge in [-0.3, -0.25) is 4.79 Å². The maximum Gasteiger partial charge on any atom is 0.255 e. The lowest BCUT2D eigenvalue weighted by Gasteiger charge is -2.21. The highest BCUT2D eigenvalue weighted by Crippen LogP contribution is 2.24. The Balaban J connectivity index is 1.80. The van der Waals surface area contributed by atoms with E-state index in [0.29, 0.717) is 10.7 Å². The minimum Gasteiger partial charge on any atom is -0.377 e. The molecule has 1 atom stereocenters. The third kappa shape index (κ3) is 3.59. The summed E-state index contributed by atoms with van der Waals surface area (Å²) in [6, 6.07) is 9.84. The molecular weight excluding hydrogens is 296 g/mol. The van der Waals surface area contributed by atoms with Gasteiger partial charge in [-0.25, -0.2) is 4.98 Å². The molecular formula is C17H20N2O2S. The molecule has 2 aromatic rings. The third-order valence-corrected chi connectivity index (χ3v) is 4.86. The molecule has 116 valence electrons. The Bertz CT molecular complexity index is 679. The predicted octanol–water partition coefficient (Wildman–Crippen LogP) is 3.41. The van der Waals surface area contributed by atoms with E-state index in [1.54, 1.807) is 11.8 Å². The van der Waals surface area contributed by atoms with Gasteiger partial charge in [-0.2, -0.15) is 0 Å². The average molecular weight is 316 g/mol. The number of hydrogen-bond donors (Lipinski definition) is 1. The van der Waals surface area contributed by atoms with Crippen molar-refractivity contribution in [2.24, 2.45) is 0 Å². The molecule has 1 aliphatic heterocycles. The van der Waals surface area contributed by atoms with Gasteiger partial charge in [0.15, 0.2) is 5.16 Å². The van der Waals surface area contributed by atoms with Crippen LogP contribution < -0.4 is 5.56 Å². The minimum absolute atomic E-state index is 0.0686. The van der Waals surface area contributed by atoms with Gasteiger partial charge in [0.1, 0.15) is 0 Å². The highest BCUT2D eigenvalue weighted by molar-refractivity contribution is 7.99. The van der Waals surface area contributed by atoms with Crippen molar-refractivity contribution >= 4 is 11.8 Å². The van der Waals surface area contributed by atoms with Crippen molar-refractivity contribution in [3.05, 3.63) is 46.2 Å². The Labute approximate surface area is 134 Å². The maximum atomic E-state index is 12.1. The topological polar surface area (TPSA) is 55.0 Å². The summed E-state index contributed by atoms with van der Waals surface area (Å²) in [5, 5.41) is 0.670. The Hall–Kier alpha value is -1.59. The van der Waals surface area contributed by atoms with Gasteiger partial charge in [0.25, 0.3) is 5.56 Å².